The molecule has 8 heteroatoms. The summed E-state index contributed by atoms with van der Waals surface area (Å²) in [6.07, 6.45) is 5.53. The third kappa shape index (κ3) is 3.87. The third-order valence-electron chi connectivity index (χ3n) is 4.93. The predicted octanol–water partition coefficient (Wildman–Crippen LogP) is 2.13. The number of piperazine rings is 1. The van der Waals surface area contributed by atoms with Gasteiger partial charge in [0.15, 0.2) is 5.82 Å². The zero-order valence-corrected chi connectivity index (χ0v) is 16.6. The lowest BCUT2D eigenvalue weighted by molar-refractivity contribution is 0.203. The molecule has 28 heavy (non-hydrogen) atoms. The standard InChI is InChI=1S/C20H26N8/c1-20(2,3)28-24-19(23-25-28)18(16-7-6-9-21-15-16)27-13-11-26(12-14-27)17-8-4-5-10-22-17/h4-10,15,18H,11-14H2,1-3H3/t18-/m1/s1. The molecule has 0 N–H and O–H groups in total. The van der Waals surface area contributed by atoms with Crippen molar-refractivity contribution in [3.8, 4) is 0 Å². The zero-order valence-electron chi connectivity index (χ0n) is 16.6. The van der Waals surface area contributed by atoms with Gasteiger partial charge in [-0.15, -0.1) is 10.2 Å². The summed E-state index contributed by atoms with van der Waals surface area (Å²) in [6.45, 7) is 9.80. The van der Waals surface area contributed by atoms with E-state index < -0.39 is 0 Å². The van der Waals surface area contributed by atoms with Crippen LogP contribution in [0.15, 0.2) is 48.9 Å². The van der Waals surface area contributed by atoms with Gasteiger partial charge in [-0.3, -0.25) is 9.88 Å². The van der Waals surface area contributed by atoms with Crippen molar-refractivity contribution >= 4 is 5.82 Å². The van der Waals surface area contributed by atoms with Crippen LogP contribution in [-0.2, 0) is 5.54 Å². The summed E-state index contributed by atoms with van der Waals surface area (Å²) < 4.78 is 0. The summed E-state index contributed by atoms with van der Waals surface area (Å²) in [5, 5.41) is 13.4. The average Bonchev–Trinajstić information content (AvgIpc) is 3.21. The van der Waals surface area contributed by atoms with E-state index in [1.54, 1.807) is 11.0 Å². The number of anilines is 1. The van der Waals surface area contributed by atoms with E-state index in [0.717, 1.165) is 37.6 Å². The van der Waals surface area contributed by atoms with Gasteiger partial charge < -0.3 is 4.90 Å². The van der Waals surface area contributed by atoms with Crippen LogP contribution in [0.25, 0.3) is 0 Å². The Morgan fingerprint density at radius 2 is 1.79 bits per heavy atom. The minimum atomic E-state index is -0.206. The summed E-state index contributed by atoms with van der Waals surface area (Å²) >= 11 is 0. The van der Waals surface area contributed by atoms with Crippen LogP contribution in [0.5, 0.6) is 0 Å². The fourth-order valence-corrected chi connectivity index (χ4v) is 3.43. The van der Waals surface area contributed by atoms with Gasteiger partial charge in [0, 0.05) is 44.8 Å². The molecule has 0 unspecified atom stereocenters. The number of rotatable bonds is 4. The lowest BCUT2D eigenvalue weighted by Gasteiger charge is -2.38. The lowest BCUT2D eigenvalue weighted by Crippen LogP contribution is -2.48. The fourth-order valence-electron chi connectivity index (χ4n) is 3.43. The molecule has 1 atom stereocenters. The Hall–Kier alpha value is -2.87. The summed E-state index contributed by atoms with van der Waals surface area (Å²) in [7, 11) is 0. The summed E-state index contributed by atoms with van der Waals surface area (Å²) in [4.78, 5) is 15.2. The van der Waals surface area contributed by atoms with Crippen LogP contribution in [0, 0.1) is 0 Å². The SMILES string of the molecule is CC(C)(C)n1nnc([C@@H](c2cccnc2)N2CCN(c3ccccn3)CC2)n1. The summed E-state index contributed by atoms with van der Waals surface area (Å²) in [5.41, 5.74) is 0.879. The van der Waals surface area contributed by atoms with Crippen LogP contribution < -0.4 is 4.90 Å². The summed E-state index contributed by atoms with van der Waals surface area (Å²) in [6, 6.07) is 10.0. The number of tetrazole rings is 1. The zero-order chi connectivity index (χ0) is 19.6. The van der Waals surface area contributed by atoms with E-state index in [-0.39, 0.29) is 11.6 Å². The highest BCUT2D eigenvalue weighted by molar-refractivity contribution is 5.38. The van der Waals surface area contributed by atoms with Gasteiger partial charge in [0.1, 0.15) is 11.9 Å². The lowest BCUT2D eigenvalue weighted by atomic mass is 10.1. The Morgan fingerprint density at radius 1 is 0.964 bits per heavy atom. The van der Waals surface area contributed by atoms with Crippen molar-refractivity contribution in [3.63, 3.8) is 0 Å². The van der Waals surface area contributed by atoms with Crippen molar-refractivity contribution in [1.82, 2.24) is 35.1 Å². The van der Waals surface area contributed by atoms with Crippen LogP contribution in [0.3, 0.4) is 0 Å². The van der Waals surface area contributed by atoms with Crippen molar-refractivity contribution in [3.05, 3.63) is 60.3 Å². The second-order valence-corrected chi connectivity index (χ2v) is 8.01. The van der Waals surface area contributed by atoms with Gasteiger partial charge in [-0.1, -0.05) is 12.1 Å². The first kappa shape index (κ1) is 18.5. The number of pyridine rings is 2. The molecule has 1 saturated heterocycles. The van der Waals surface area contributed by atoms with E-state index in [1.165, 1.54) is 0 Å². The van der Waals surface area contributed by atoms with Gasteiger partial charge in [-0.05, 0) is 49.7 Å². The maximum atomic E-state index is 4.71. The highest BCUT2D eigenvalue weighted by Gasteiger charge is 2.31. The van der Waals surface area contributed by atoms with Gasteiger partial charge in [0.05, 0.1) is 5.54 Å². The maximum Gasteiger partial charge on any atom is 0.196 e. The molecule has 146 valence electrons. The Bertz CT molecular complexity index is 879. The molecule has 3 aromatic heterocycles. The largest absolute Gasteiger partial charge is 0.354 e. The predicted molar refractivity (Wildman–Crippen MR) is 107 cm³/mol. The molecule has 3 aromatic rings. The molecule has 4 heterocycles. The minimum Gasteiger partial charge on any atom is -0.354 e. The minimum absolute atomic E-state index is 0.0596. The Labute approximate surface area is 165 Å². The van der Waals surface area contributed by atoms with Gasteiger partial charge in [0.25, 0.3) is 0 Å². The van der Waals surface area contributed by atoms with Gasteiger partial charge >= 0.3 is 0 Å². The molecule has 1 fully saturated rings. The molecule has 0 bridgehead atoms. The van der Waals surface area contributed by atoms with Crippen LogP contribution in [-0.4, -0.2) is 61.3 Å². The van der Waals surface area contributed by atoms with Crippen LogP contribution >= 0.6 is 0 Å². The molecule has 0 amide bonds. The van der Waals surface area contributed by atoms with E-state index in [4.69, 9.17) is 5.10 Å². The van der Waals surface area contributed by atoms with Crippen molar-refractivity contribution < 1.29 is 0 Å². The third-order valence-corrected chi connectivity index (χ3v) is 4.93. The Morgan fingerprint density at radius 3 is 2.39 bits per heavy atom. The molecule has 8 nitrogen and oxygen atoms in total. The van der Waals surface area contributed by atoms with Crippen molar-refractivity contribution in [2.45, 2.75) is 32.4 Å². The highest BCUT2D eigenvalue weighted by atomic mass is 15.6. The molecule has 4 rings (SSSR count). The van der Waals surface area contributed by atoms with Gasteiger partial charge in [-0.25, -0.2) is 4.98 Å². The highest BCUT2D eigenvalue weighted by Crippen LogP contribution is 2.27. The van der Waals surface area contributed by atoms with Crippen molar-refractivity contribution in [1.29, 1.82) is 0 Å². The molecule has 0 radical (unpaired) electrons. The molecule has 1 aliphatic rings. The molecule has 0 aliphatic carbocycles. The van der Waals surface area contributed by atoms with Crippen molar-refractivity contribution in [2.24, 2.45) is 0 Å². The topological polar surface area (TPSA) is 75.9 Å². The normalized spacial score (nSPS) is 16.9. The van der Waals surface area contributed by atoms with E-state index in [9.17, 15) is 0 Å². The first-order chi connectivity index (χ1) is 13.5. The maximum absolute atomic E-state index is 4.71. The van der Waals surface area contributed by atoms with E-state index in [1.807, 2.05) is 30.6 Å². The van der Waals surface area contributed by atoms with Crippen molar-refractivity contribution in [2.75, 3.05) is 31.1 Å². The molecular formula is C20H26N8. The van der Waals surface area contributed by atoms with E-state index >= 15 is 0 Å². The van der Waals surface area contributed by atoms with E-state index in [2.05, 4.69) is 63.0 Å². The second-order valence-electron chi connectivity index (χ2n) is 8.01. The van der Waals surface area contributed by atoms with E-state index in [0.29, 0.717) is 5.82 Å². The Kier molecular flexibility index (Phi) is 5.04. The fraction of sp³-hybridized carbons (Fsp3) is 0.450. The quantitative estimate of drug-likeness (QED) is 0.688. The van der Waals surface area contributed by atoms with Gasteiger partial charge in [-0.2, -0.15) is 4.80 Å². The molecule has 0 aromatic carbocycles. The number of aromatic nitrogens is 6. The smallest absolute Gasteiger partial charge is 0.196 e. The van der Waals surface area contributed by atoms with Crippen LogP contribution in [0.1, 0.15) is 38.2 Å². The van der Waals surface area contributed by atoms with Crippen LogP contribution in [0.2, 0.25) is 0 Å². The number of hydrogen-bond acceptors (Lipinski definition) is 7. The van der Waals surface area contributed by atoms with Crippen LogP contribution in [0.4, 0.5) is 5.82 Å². The monoisotopic (exact) mass is 378 g/mol. The molecule has 0 saturated carbocycles. The van der Waals surface area contributed by atoms with Gasteiger partial charge in [0.2, 0.25) is 0 Å². The Balaban J connectivity index is 1.58. The second kappa shape index (κ2) is 7.63. The number of hydrogen-bond donors (Lipinski definition) is 0. The number of nitrogens with zero attached hydrogens (tertiary/aromatic N) is 8. The first-order valence-electron chi connectivity index (χ1n) is 9.63. The molecular weight excluding hydrogens is 352 g/mol. The average molecular weight is 378 g/mol. The molecule has 1 aliphatic heterocycles. The summed E-state index contributed by atoms with van der Waals surface area (Å²) in [5.74, 6) is 1.74. The molecule has 0 spiro atoms. The first-order valence-corrected chi connectivity index (χ1v) is 9.63.